The van der Waals surface area contributed by atoms with Crippen LogP contribution in [-0.2, 0) is 9.53 Å². The van der Waals surface area contributed by atoms with Crippen molar-refractivity contribution in [1.82, 2.24) is 0 Å². The van der Waals surface area contributed by atoms with Crippen molar-refractivity contribution in [2.45, 2.75) is 39.2 Å². The first-order valence-corrected chi connectivity index (χ1v) is 7.13. The molecule has 0 aliphatic rings. The van der Waals surface area contributed by atoms with Crippen molar-refractivity contribution in [1.29, 1.82) is 0 Å². The zero-order valence-corrected chi connectivity index (χ0v) is 13.2. The molecule has 0 fully saturated rings. The van der Waals surface area contributed by atoms with Gasteiger partial charge in [-0.25, -0.2) is 0 Å². The van der Waals surface area contributed by atoms with Crippen LogP contribution in [0.4, 0.5) is 5.69 Å². The molecule has 1 atom stereocenters. The van der Waals surface area contributed by atoms with Gasteiger partial charge in [-0.2, -0.15) is 0 Å². The molecular weight excluding hydrogens is 278 g/mol. The number of ether oxygens (including phenoxy) is 2. The summed E-state index contributed by atoms with van der Waals surface area (Å²) in [4.78, 5) is 12.3. The molecule has 1 aromatic carbocycles. The minimum absolute atomic E-state index is 0.179. The minimum Gasteiger partial charge on any atom is -0.492 e. The van der Waals surface area contributed by atoms with Crippen LogP contribution in [0.2, 0.25) is 5.02 Å². The highest BCUT2D eigenvalue weighted by atomic mass is 35.5. The maximum atomic E-state index is 12.3. The number of hydrogen-bond donors (Lipinski definition) is 1. The van der Waals surface area contributed by atoms with Crippen LogP contribution in [-0.4, -0.2) is 25.2 Å². The number of carbonyl (C=O) groups is 1. The lowest BCUT2D eigenvalue weighted by Gasteiger charge is -2.26. The number of rotatable bonds is 7. The molecule has 0 aliphatic carbocycles. The summed E-state index contributed by atoms with van der Waals surface area (Å²) in [5, 5.41) is 3.30. The van der Waals surface area contributed by atoms with E-state index in [0.29, 0.717) is 29.5 Å². The van der Waals surface area contributed by atoms with Crippen LogP contribution in [0.1, 0.15) is 33.6 Å². The normalized spacial score (nSPS) is 13.7. The van der Waals surface area contributed by atoms with Gasteiger partial charge in [0.05, 0.1) is 11.6 Å². The van der Waals surface area contributed by atoms with E-state index < -0.39 is 5.60 Å². The lowest BCUT2D eigenvalue weighted by Crippen LogP contribution is -2.41. The fourth-order valence-electron chi connectivity index (χ4n) is 1.90. The smallest absolute Gasteiger partial charge is 0.256 e. The van der Waals surface area contributed by atoms with Crippen molar-refractivity contribution < 1.29 is 14.3 Å². The molecule has 0 radical (unpaired) electrons. The first-order chi connectivity index (χ1) is 9.46. The van der Waals surface area contributed by atoms with Gasteiger partial charge in [-0.1, -0.05) is 24.9 Å². The predicted octanol–water partition coefficient (Wildman–Crippen LogP) is 3.88. The molecule has 0 aromatic heterocycles. The summed E-state index contributed by atoms with van der Waals surface area (Å²) in [6.45, 7) is 6.23. The van der Waals surface area contributed by atoms with Gasteiger partial charge in [-0.05, 0) is 38.5 Å². The van der Waals surface area contributed by atoms with Gasteiger partial charge in [0.15, 0.2) is 0 Å². The van der Waals surface area contributed by atoms with E-state index in [4.69, 9.17) is 21.1 Å². The average Bonchev–Trinajstić information content (AvgIpc) is 2.42. The van der Waals surface area contributed by atoms with Crippen LogP contribution < -0.4 is 10.1 Å². The van der Waals surface area contributed by atoms with Gasteiger partial charge in [-0.15, -0.1) is 0 Å². The van der Waals surface area contributed by atoms with Gasteiger partial charge in [-0.3, -0.25) is 4.79 Å². The van der Waals surface area contributed by atoms with Gasteiger partial charge >= 0.3 is 0 Å². The highest BCUT2D eigenvalue weighted by Gasteiger charge is 2.32. The molecule has 0 heterocycles. The standard InChI is InChI=1S/C15H22ClNO3/c1-5-9-15(3,19-4)14(18)17-11-7-8-13(20-6-2)12(16)10-11/h7-8,10H,5-6,9H2,1-4H3,(H,17,18)/t15-/m0/s1. The highest BCUT2D eigenvalue weighted by molar-refractivity contribution is 6.32. The fourth-order valence-corrected chi connectivity index (χ4v) is 2.13. The Morgan fingerprint density at radius 1 is 1.40 bits per heavy atom. The number of amides is 1. The van der Waals surface area contributed by atoms with Crippen LogP contribution in [0.25, 0.3) is 0 Å². The number of hydrogen-bond acceptors (Lipinski definition) is 3. The van der Waals surface area contributed by atoms with Gasteiger partial charge < -0.3 is 14.8 Å². The largest absolute Gasteiger partial charge is 0.492 e. The van der Waals surface area contributed by atoms with Crippen molar-refractivity contribution in [3.8, 4) is 5.75 Å². The van der Waals surface area contributed by atoms with E-state index in [0.717, 1.165) is 6.42 Å². The second kappa shape index (κ2) is 7.50. The Morgan fingerprint density at radius 3 is 2.60 bits per heavy atom. The van der Waals surface area contributed by atoms with Crippen molar-refractivity contribution in [2.75, 3.05) is 19.0 Å². The summed E-state index contributed by atoms with van der Waals surface area (Å²) in [5.74, 6) is 0.428. The molecule has 1 amide bonds. The molecule has 0 aliphatic heterocycles. The van der Waals surface area contributed by atoms with E-state index in [1.54, 1.807) is 32.2 Å². The number of nitrogens with one attached hydrogen (secondary N) is 1. The third-order valence-electron chi connectivity index (χ3n) is 3.15. The molecule has 1 rings (SSSR count). The Balaban J connectivity index is 2.82. The molecule has 0 spiro atoms. The molecule has 112 valence electrons. The summed E-state index contributed by atoms with van der Waals surface area (Å²) >= 11 is 6.09. The Morgan fingerprint density at radius 2 is 2.10 bits per heavy atom. The quantitative estimate of drug-likeness (QED) is 0.831. The number of carbonyl (C=O) groups excluding carboxylic acids is 1. The van der Waals surface area contributed by atoms with Crippen molar-refractivity contribution in [2.24, 2.45) is 0 Å². The van der Waals surface area contributed by atoms with Gasteiger partial charge in [0.2, 0.25) is 0 Å². The average molecular weight is 300 g/mol. The summed E-state index contributed by atoms with van der Waals surface area (Å²) in [6.07, 6.45) is 1.52. The maximum Gasteiger partial charge on any atom is 0.256 e. The second-order valence-electron chi connectivity index (χ2n) is 4.72. The topological polar surface area (TPSA) is 47.6 Å². The Bertz CT molecular complexity index is 464. The molecule has 0 saturated heterocycles. The van der Waals surface area contributed by atoms with Gasteiger partial charge in [0.25, 0.3) is 5.91 Å². The molecule has 5 heteroatoms. The molecule has 1 aromatic rings. The fraction of sp³-hybridized carbons (Fsp3) is 0.533. The molecule has 1 N–H and O–H groups in total. The molecule has 20 heavy (non-hydrogen) atoms. The van der Waals surface area contributed by atoms with E-state index in [1.165, 1.54) is 0 Å². The predicted molar refractivity (Wildman–Crippen MR) is 81.6 cm³/mol. The monoisotopic (exact) mass is 299 g/mol. The van der Waals surface area contributed by atoms with Crippen molar-refractivity contribution in [3.05, 3.63) is 23.2 Å². The van der Waals surface area contributed by atoms with E-state index in [2.05, 4.69) is 5.32 Å². The van der Waals surface area contributed by atoms with Crippen LogP contribution in [0, 0.1) is 0 Å². The third-order valence-corrected chi connectivity index (χ3v) is 3.44. The number of halogens is 1. The molecular formula is C15H22ClNO3. The molecule has 4 nitrogen and oxygen atoms in total. The Hall–Kier alpha value is -1.26. The van der Waals surface area contributed by atoms with Crippen molar-refractivity contribution >= 4 is 23.2 Å². The van der Waals surface area contributed by atoms with E-state index in [9.17, 15) is 4.79 Å². The third kappa shape index (κ3) is 4.12. The first-order valence-electron chi connectivity index (χ1n) is 6.75. The van der Waals surface area contributed by atoms with Crippen LogP contribution >= 0.6 is 11.6 Å². The summed E-state index contributed by atoms with van der Waals surface area (Å²) in [5.41, 5.74) is -0.206. The van der Waals surface area contributed by atoms with Gasteiger partial charge in [0.1, 0.15) is 11.4 Å². The summed E-state index contributed by atoms with van der Waals surface area (Å²) in [6, 6.07) is 5.18. The number of methoxy groups -OCH3 is 1. The zero-order chi connectivity index (χ0) is 15.2. The SMILES string of the molecule is CCC[C@](C)(OC)C(=O)Nc1ccc(OCC)c(Cl)c1. The molecule has 0 bridgehead atoms. The van der Waals surface area contributed by atoms with Crippen LogP contribution in [0.3, 0.4) is 0 Å². The van der Waals surface area contributed by atoms with E-state index >= 15 is 0 Å². The van der Waals surface area contributed by atoms with Crippen LogP contribution in [0.15, 0.2) is 18.2 Å². The molecule has 0 saturated carbocycles. The lowest BCUT2D eigenvalue weighted by atomic mass is 9.99. The Kier molecular flexibility index (Phi) is 6.30. The van der Waals surface area contributed by atoms with E-state index in [1.807, 2.05) is 13.8 Å². The summed E-state index contributed by atoms with van der Waals surface area (Å²) in [7, 11) is 1.54. The highest BCUT2D eigenvalue weighted by Crippen LogP contribution is 2.28. The van der Waals surface area contributed by atoms with Crippen molar-refractivity contribution in [3.63, 3.8) is 0 Å². The number of benzene rings is 1. The van der Waals surface area contributed by atoms with E-state index in [-0.39, 0.29) is 5.91 Å². The Labute approximate surface area is 125 Å². The maximum absolute atomic E-state index is 12.3. The second-order valence-corrected chi connectivity index (χ2v) is 5.12. The van der Waals surface area contributed by atoms with Crippen LogP contribution in [0.5, 0.6) is 5.75 Å². The lowest BCUT2D eigenvalue weighted by molar-refractivity contribution is -0.136. The molecule has 0 unspecified atom stereocenters. The first kappa shape index (κ1) is 16.8. The van der Waals surface area contributed by atoms with Gasteiger partial charge in [0, 0.05) is 12.8 Å². The number of anilines is 1. The minimum atomic E-state index is -0.834. The zero-order valence-electron chi connectivity index (χ0n) is 12.5. The summed E-state index contributed by atoms with van der Waals surface area (Å²) < 4.78 is 10.7.